The van der Waals surface area contributed by atoms with Crippen molar-refractivity contribution in [2.75, 3.05) is 13.1 Å². The van der Waals surface area contributed by atoms with Crippen molar-refractivity contribution in [3.05, 3.63) is 82.1 Å². The van der Waals surface area contributed by atoms with Gasteiger partial charge in [-0.2, -0.15) is 0 Å². The molecule has 0 saturated carbocycles. The Kier molecular flexibility index (Phi) is 5.60. The summed E-state index contributed by atoms with van der Waals surface area (Å²) in [6, 6.07) is 14.9. The molecule has 1 aliphatic heterocycles. The molecule has 0 spiro atoms. The molecule has 29 heavy (non-hydrogen) atoms. The fourth-order valence-electron chi connectivity index (χ4n) is 4.13. The van der Waals surface area contributed by atoms with Crippen molar-refractivity contribution in [3.8, 4) is 0 Å². The van der Waals surface area contributed by atoms with Crippen molar-refractivity contribution >= 4 is 16.8 Å². The Morgan fingerprint density at radius 1 is 1.17 bits per heavy atom. The number of carbonyl (C=O) groups excluding carboxylic acids is 1. The van der Waals surface area contributed by atoms with E-state index in [0.29, 0.717) is 11.3 Å². The second-order valence-electron chi connectivity index (χ2n) is 7.56. The normalized spacial score (nSPS) is 15.3. The number of aromatic nitrogens is 1. The van der Waals surface area contributed by atoms with Gasteiger partial charge in [0.25, 0.3) is 5.91 Å². The van der Waals surface area contributed by atoms with Crippen molar-refractivity contribution in [1.29, 1.82) is 0 Å². The summed E-state index contributed by atoms with van der Waals surface area (Å²) in [5.74, 6) is -0.621. The fourth-order valence-corrected chi connectivity index (χ4v) is 4.13. The number of halogens is 1. The van der Waals surface area contributed by atoms with E-state index >= 15 is 0 Å². The Hall–Kier alpha value is -3.15. The molecule has 2 aromatic carbocycles. The number of rotatable bonds is 5. The molecule has 0 N–H and O–H groups in total. The van der Waals surface area contributed by atoms with Crippen LogP contribution in [0.25, 0.3) is 21.3 Å². The summed E-state index contributed by atoms with van der Waals surface area (Å²) in [6.45, 7) is 3.77. The topological polar surface area (TPSA) is 74.0 Å². The highest BCUT2D eigenvalue weighted by molar-refractivity contribution is 6.07. The zero-order valence-electron chi connectivity index (χ0n) is 16.0. The highest BCUT2D eigenvalue weighted by Crippen LogP contribution is 2.27. The van der Waals surface area contributed by atoms with Crippen LogP contribution in [0.15, 0.2) is 59.8 Å². The molecule has 1 amide bonds. The van der Waals surface area contributed by atoms with E-state index in [-0.39, 0.29) is 5.56 Å². The van der Waals surface area contributed by atoms with Gasteiger partial charge in [-0.05, 0) is 66.3 Å². The predicted molar refractivity (Wildman–Crippen MR) is 110 cm³/mol. The average Bonchev–Trinajstić information content (AvgIpc) is 3.08. The van der Waals surface area contributed by atoms with Crippen LogP contribution in [0, 0.1) is 11.7 Å². The van der Waals surface area contributed by atoms with Crippen LogP contribution in [-0.2, 0) is 13.1 Å². The molecule has 4 rings (SSSR count). The lowest BCUT2D eigenvalue weighted by atomic mass is 9.96. The third kappa shape index (κ3) is 4.31. The molecule has 0 unspecified atom stereocenters. The summed E-state index contributed by atoms with van der Waals surface area (Å²) in [6.07, 6.45) is 3.82. The summed E-state index contributed by atoms with van der Waals surface area (Å²) in [5, 5.41) is 3.67. The van der Waals surface area contributed by atoms with Crippen molar-refractivity contribution in [1.82, 2.24) is 9.47 Å². The SMILES string of the molecule is [N-]=[N+]=NC(=O)c1cn(CC2CCN(Cc3ccccc3)CC2)c2ccc(F)cc12. The van der Waals surface area contributed by atoms with Crippen LogP contribution in [0.1, 0.15) is 28.8 Å². The maximum Gasteiger partial charge on any atom is 0.251 e. The fraction of sp³-hybridized carbons (Fsp3) is 0.318. The standard InChI is InChI=1S/C22H22FN5O/c23-18-6-7-21-19(12-18)20(22(29)25-26-24)15-28(21)14-17-8-10-27(11-9-17)13-16-4-2-1-3-5-16/h1-7,12,15,17H,8-11,13-14H2. The number of nitrogens with zero attached hydrogens (tertiary/aromatic N) is 5. The molecule has 148 valence electrons. The van der Waals surface area contributed by atoms with Crippen molar-refractivity contribution in [2.45, 2.75) is 25.9 Å². The van der Waals surface area contributed by atoms with Crippen LogP contribution in [0.2, 0.25) is 0 Å². The third-order valence-electron chi connectivity index (χ3n) is 5.62. The van der Waals surface area contributed by atoms with Gasteiger partial charge in [-0.15, -0.1) is 0 Å². The van der Waals surface area contributed by atoms with Crippen LogP contribution >= 0.6 is 0 Å². The first kappa shape index (κ1) is 19.2. The van der Waals surface area contributed by atoms with E-state index in [4.69, 9.17) is 5.53 Å². The minimum Gasteiger partial charge on any atom is -0.346 e. The molecule has 2 heterocycles. The van der Waals surface area contributed by atoms with Gasteiger partial charge in [0.15, 0.2) is 0 Å². The van der Waals surface area contributed by atoms with E-state index in [0.717, 1.165) is 44.5 Å². The largest absolute Gasteiger partial charge is 0.346 e. The second kappa shape index (κ2) is 8.47. The predicted octanol–water partition coefficient (Wildman–Crippen LogP) is 5.14. The van der Waals surface area contributed by atoms with Gasteiger partial charge in [-0.25, -0.2) is 4.39 Å². The zero-order chi connectivity index (χ0) is 20.2. The quantitative estimate of drug-likeness (QED) is 0.343. The van der Waals surface area contributed by atoms with Crippen LogP contribution in [0.5, 0.6) is 0 Å². The highest BCUT2D eigenvalue weighted by Gasteiger charge is 2.22. The van der Waals surface area contributed by atoms with Crippen LogP contribution in [-0.4, -0.2) is 28.5 Å². The number of piperidine rings is 1. The molecule has 6 nitrogen and oxygen atoms in total. The number of hydrogen-bond donors (Lipinski definition) is 0. The lowest BCUT2D eigenvalue weighted by molar-refractivity contribution is 0.100. The number of azide groups is 1. The summed E-state index contributed by atoms with van der Waals surface area (Å²) in [7, 11) is 0. The average molecular weight is 391 g/mol. The van der Waals surface area contributed by atoms with Gasteiger partial charge in [0, 0.05) is 35.1 Å². The van der Waals surface area contributed by atoms with Crippen molar-refractivity contribution < 1.29 is 9.18 Å². The molecule has 0 atom stereocenters. The maximum absolute atomic E-state index is 13.7. The van der Waals surface area contributed by atoms with E-state index in [1.165, 1.54) is 17.7 Å². The van der Waals surface area contributed by atoms with Gasteiger partial charge >= 0.3 is 0 Å². The Labute approximate surface area is 168 Å². The van der Waals surface area contributed by atoms with Gasteiger partial charge in [0.1, 0.15) is 5.82 Å². The number of hydrogen-bond acceptors (Lipinski definition) is 2. The second-order valence-corrected chi connectivity index (χ2v) is 7.56. The number of benzene rings is 2. The van der Waals surface area contributed by atoms with Crippen molar-refractivity contribution in [2.24, 2.45) is 11.0 Å². The smallest absolute Gasteiger partial charge is 0.251 e. The number of fused-ring (bicyclic) bond motifs is 1. The molecule has 1 fully saturated rings. The molecular weight excluding hydrogens is 369 g/mol. The van der Waals surface area contributed by atoms with Gasteiger partial charge in [-0.3, -0.25) is 9.69 Å². The summed E-state index contributed by atoms with van der Waals surface area (Å²) >= 11 is 0. The third-order valence-corrected chi connectivity index (χ3v) is 5.62. The van der Waals surface area contributed by atoms with Gasteiger partial charge in [-0.1, -0.05) is 30.3 Å². The van der Waals surface area contributed by atoms with Crippen LogP contribution in [0.4, 0.5) is 4.39 Å². The molecule has 1 aromatic heterocycles. The van der Waals surface area contributed by atoms with Gasteiger partial charge in [0.05, 0.1) is 5.56 Å². The Morgan fingerprint density at radius 3 is 2.66 bits per heavy atom. The minimum absolute atomic E-state index is 0.249. The van der Waals surface area contributed by atoms with E-state index in [1.54, 1.807) is 12.3 Å². The highest BCUT2D eigenvalue weighted by atomic mass is 19.1. The van der Waals surface area contributed by atoms with E-state index in [9.17, 15) is 9.18 Å². The van der Waals surface area contributed by atoms with E-state index in [2.05, 4.69) is 39.2 Å². The van der Waals surface area contributed by atoms with Gasteiger partial charge < -0.3 is 4.57 Å². The molecule has 0 bridgehead atoms. The number of likely N-dealkylation sites (tertiary alicyclic amines) is 1. The molecular formula is C22H22FN5O. The summed E-state index contributed by atoms with van der Waals surface area (Å²) in [4.78, 5) is 17.2. The molecule has 0 aliphatic carbocycles. The lowest BCUT2D eigenvalue weighted by Crippen LogP contribution is -2.34. The van der Waals surface area contributed by atoms with Crippen LogP contribution in [0.3, 0.4) is 0 Å². The summed E-state index contributed by atoms with van der Waals surface area (Å²) < 4.78 is 15.7. The minimum atomic E-state index is -0.681. The van der Waals surface area contributed by atoms with E-state index in [1.807, 2.05) is 10.6 Å². The lowest BCUT2D eigenvalue weighted by Gasteiger charge is -2.32. The van der Waals surface area contributed by atoms with Crippen molar-refractivity contribution in [3.63, 3.8) is 0 Å². The molecule has 0 radical (unpaired) electrons. The maximum atomic E-state index is 13.7. The molecule has 1 saturated heterocycles. The summed E-state index contributed by atoms with van der Waals surface area (Å²) in [5.41, 5.74) is 10.9. The Morgan fingerprint density at radius 2 is 1.93 bits per heavy atom. The monoisotopic (exact) mass is 391 g/mol. The number of carbonyl (C=O) groups is 1. The molecule has 7 heteroatoms. The Bertz CT molecular complexity index is 1060. The Balaban J connectivity index is 1.47. The van der Waals surface area contributed by atoms with E-state index < -0.39 is 11.7 Å². The van der Waals surface area contributed by atoms with Gasteiger partial charge in [0.2, 0.25) is 0 Å². The first-order valence-electron chi connectivity index (χ1n) is 9.78. The van der Waals surface area contributed by atoms with Crippen LogP contribution < -0.4 is 0 Å². The number of amides is 1. The first-order valence-corrected chi connectivity index (χ1v) is 9.78. The molecule has 1 aliphatic rings. The first-order chi connectivity index (χ1) is 14.1. The zero-order valence-corrected chi connectivity index (χ0v) is 16.0. The molecule has 3 aromatic rings.